The lowest BCUT2D eigenvalue weighted by Crippen LogP contribution is -2.13. The predicted octanol–water partition coefficient (Wildman–Crippen LogP) is 4.84. The number of aryl methyl sites for hydroxylation is 1. The van der Waals surface area contributed by atoms with Crippen molar-refractivity contribution < 1.29 is 0 Å². The number of rotatable bonds is 2. The molecule has 3 rings (SSSR count). The fourth-order valence-corrected chi connectivity index (χ4v) is 3.27. The molecule has 0 radical (unpaired) electrons. The van der Waals surface area contributed by atoms with Gasteiger partial charge in [0.15, 0.2) is 0 Å². The molecule has 0 saturated carbocycles. The topological polar surface area (TPSA) is 24.9 Å². The van der Waals surface area contributed by atoms with Crippen LogP contribution in [0, 0.1) is 0 Å². The van der Waals surface area contributed by atoms with Crippen LogP contribution in [0.3, 0.4) is 0 Å². The molecule has 2 nitrogen and oxygen atoms in total. The lowest BCUT2D eigenvalue weighted by Gasteiger charge is -2.24. The van der Waals surface area contributed by atoms with Crippen molar-refractivity contribution in [1.29, 1.82) is 0 Å². The van der Waals surface area contributed by atoms with E-state index in [-0.39, 0.29) is 5.41 Å². The summed E-state index contributed by atoms with van der Waals surface area (Å²) in [5, 5.41) is 4.91. The zero-order chi connectivity index (χ0) is 15.0. The Kier molecular flexibility index (Phi) is 3.64. The van der Waals surface area contributed by atoms with Crippen LogP contribution in [0.1, 0.15) is 57.4 Å². The van der Waals surface area contributed by atoms with Gasteiger partial charge in [-0.2, -0.15) is 0 Å². The molecule has 0 bridgehead atoms. The minimum absolute atomic E-state index is 0.174. The molecule has 0 spiro atoms. The van der Waals surface area contributed by atoms with Gasteiger partial charge in [0.1, 0.15) is 0 Å². The molecule has 112 valence electrons. The molecule has 0 unspecified atom stereocenters. The molecular formula is C19H26N2. The summed E-state index contributed by atoms with van der Waals surface area (Å²) in [4.78, 5) is 4.94. The van der Waals surface area contributed by atoms with E-state index in [9.17, 15) is 0 Å². The van der Waals surface area contributed by atoms with Gasteiger partial charge in [0, 0.05) is 23.3 Å². The van der Waals surface area contributed by atoms with Crippen LogP contribution >= 0.6 is 0 Å². The van der Waals surface area contributed by atoms with Crippen LogP contribution in [0.5, 0.6) is 0 Å². The summed E-state index contributed by atoms with van der Waals surface area (Å²) >= 11 is 0. The van der Waals surface area contributed by atoms with Crippen molar-refractivity contribution in [2.24, 2.45) is 0 Å². The molecule has 1 aromatic carbocycles. The van der Waals surface area contributed by atoms with Gasteiger partial charge in [-0.1, -0.05) is 26.8 Å². The number of pyridine rings is 1. The third-order valence-corrected chi connectivity index (χ3v) is 4.48. The highest BCUT2D eigenvalue weighted by Gasteiger charge is 2.20. The van der Waals surface area contributed by atoms with Gasteiger partial charge in [-0.15, -0.1) is 0 Å². The van der Waals surface area contributed by atoms with Gasteiger partial charge in [0.2, 0.25) is 0 Å². The van der Waals surface area contributed by atoms with Gasteiger partial charge < -0.3 is 5.32 Å². The number of fused-ring (bicyclic) bond motifs is 2. The molecular weight excluding hydrogens is 256 g/mol. The van der Waals surface area contributed by atoms with Crippen LogP contribution in [0.4, 0.5) is 5.69 Å². The number of benzene rings is 1. The normalized spacial score (nSPS) is 15.0. The highest BCUT2D eigenvalue weighted by atomic mass is 14.9. The van der Waals surface area contributed by atoms with Crippen molar-refractivity contribution >= 4 is 16.6 Å². The lowest BCUT2D eigenvalue weighted by molar-refractivity contribution is 0.591. The second-order valence-electron chi connectivity index (χ2n) is 7.13. The monoisotopic (exact) mass is 282 g/mol. The highest BCUT2D eigenvalue weighted by Crippen LogP contribution is 2.35. The van der Waals surface area contributed by atoms with Gasteiger partial charge in [-0.25, -0.2) is 0 Å². The number of hydrogen-bond acceptors (Lipinski definition) is 2. The molecule has 1 aliphatic carbocycles. The Hall–Kier alpha value is -1.57. The van der Waals surface area contributed by atoms with Crippen LogP contribution in [0.2, 0.25) is 0 Å². The molecule has 0 saturated heterocycles. The van der Waals surface area contributed by atoms with E-state index in [1.165, 1.54) is 47.2 Å². The van der Waals surface area contributed by atoms with Gasteiger partial charge in [-0.05, 0) is 61.3 Å². The molecule has 0 amide bonds. The largest absolute Gasteiger partial charge is 0.384 e. The molecule has 1 aromatic heterocycles. The van der Waals surface area contributed by atoms with Crippen LogP contribution in [-0.4, -0.2) is 11.5 Å². The van der Waals surface area contributed by atoms with Crippen LogP contribution in [0.15, 0.2) is 18.2 Å². The maximum atomic E-state index is 4.94. The Labute approximate surface area is 128 Å². The maximum Gasteiger partial charge on any atom is 0.0726 e. The predicted molar refractivity (Wildman–Crippen MR) is 91.2 cm³/mol. The van der Waals surface area contributed by atoms with Crippen LogP contribution in [-0.2, 0) is 18.3 Å². The quantitative estimate of drug-likeness (QED) is 0.852. The molecule has 1 N–H and O–H groups in total. The molecule has 21 heavy (non-hydrogen) atoms. The average molecular weight is 282 g/mol. The first-order chi connectivity index (χ1) is 10.0. The highest BCUT2D eigenvalue weighted by molar-refractivity contribution is 5.94. The Morgan fingerprint density at radius 1 is 1.14 bits per heavy atom. The fraction of sp³-hybridized carbons (Fsp3) is 0.526. The third kappa shape index (κ3) is 2.64. The Bertz CT molecular complexity index is 665. The van der Waals surface area contributed by atoms with Gasteiger partial charge in [0.05, 0.1) is 5.52 Å². The number of nitrogens with zero attached hydrogens (tertiary/aromatic N) is 1. The zero-order valence-corrected chi connectivity index (χ0v) is 13.7. The fourth-order valence-electron chi connectivity index (χ4n) is 3.27. The summed E-state index contributed by atoms with van der Waals surface area (Å²) in [5.74, 6) is 0. The second kappa shape index (κ2) is 5.32. The van der Waals surface area contributed by atoms with Crippen molar-refractivity contribution in [3.05, 3.63) is 35.0 Å². The first-order valence-corrected chi connectivity index (χ1v) is 8.20. The Morgan fingerprint density at radius 3 is 2.62 bits per heavy atom. The van der Waals surface area contributed by atoms with Gasteiger partial charge in [-0.3, -0.25) is 4.98 Å². The summed E-state index contributed by atoms with van der Waals surface area (Å²) in [6.45, 7) is 9.95. The summed E-state index contributed by atoms with van der Waals surface area (Å²) in [6, 6.07) is 6.78. The molecule has 2 aromatic rings. The minimum atomic E-state index is 0.174. The summed E-state index contributed by atoms with van der Waals surface area (Å²) in [7, 11) is 0. The second-order valence-corrected chi connectivity index (χ2v) is 7.13. The molecule has 1 heterocycles. The summed E-state index contributed by atoms with van der Waals surface area (Å²) in [6.07, 6.45) is 4.86. The van der Waals surface area contributed by atoms with E-state index in [2.05, 4.69) is 51.2 Å². The van der Waals surface area contributed by atoms with Crippen molar-refractivity contribution in [3.63, 3.8) is 0 Å². The number of hydrogen-bond donors (Lipinski definition) is 1. The third-order valence-electron chi connectivity index (χ3n) is 4.48. The smallest absolute Gasteiger partial charge is 0.0726 e. The maximum absolute atomic E-state index is 4.94. The lowest BCUT2D eigenvalue weighted by atomic mass is 9.85. The molecule has 0 atom stereocenters. The number of anilines is 1. The Morgan fingerprint density at radius 2 is 1.90 bits per heavy atom. The van der Waals surface area contributed by atoms with Crippen molar-refractivity contribution in [3.8, 4) is 0 Å². The zero-order valence-electron chi connectivity index (χ0n) is 13.7. The standard InChI is InChI=1S/C19H26N2/c1-5-20-18-14-8-6-7-9-16(14)21-17-11-10-13(12-15(17)18)19(2,3)4/h10-12H,5-9H2,1-4H3,(H,20,21). The Balaban J connectivity index is 2.26. The van der Waals surface area contributed by atoms with E-state index in [4.69, 9.17) is 4.98 Å². The number of aromatic nitrogens is 1. The molecule has 1 aliphatic rings. The van der Waals surface area contributed by atoms with Gasteiger partial charge in [0.25, 0.3) is 0 Å². The SMILES string of the molecule is CCNc1c2c(nc3ccc(C(C)(C)C)cc13)CCCC2. The van der Waals surface area contributed by atoms with Crippen molar-refractivity contribution in [2.45, 2.75) is 58.8 Å². The van der Waals surface area contributed by atoms with E-state index in [1.54, 1.807) is 0 Å². The number of nitrogens with one attached hydrogen (secondary N) is 1. The van der Waals surface area contributed by atoms with E-state index >= 15 is 0 Å². The summed E-state index contributed by atoms with van der Waals surface area (Å²) in [5.41, 5.74) is 6.80. The summed E-state index contributed by atoms with van der Waals surface area (Å²) < 4.78 is 0. The van der Waals surface area contributed by atoms with Crippen molar-refractivity contribution in [2.75, 3.05) is 11.9 Å². The average Bonchev–Trinajstić information content (AvgIpc) is 2.45. The molecule has 0 fully saturated rings. The first-order valence-electron chi connectivity index (χ1n) is 8.20. The van der Waals surface area contributed by atoms with Gasteiger partial charge >= 0.3 is 0 Å². The van der Waals surface area contributed by atoms with E-state index in [1.807, 2.05) is 0 Å². The van der Waals surface area contributed by atoms with E-state index in [0.29, 0.717) is 0 Å². The van der Waals surface area contributed by atoms with E-state index < -0.39 is 0 Å². The van der Waals surface area contributed by atoms with Crippen LogP contribution < -0.4 is 5.32 Å². The minimum Gasteiger partial charge on any atom is -0.384 e. The molecule has 0 aliphatic heterocycles. The van der Waals surface area contributed by atoms with Crippen molar-refractivity contribution in [1.82, 2.24) is 4.98 Å². The van der Waals surface area contributed by atoms with Crippen LogP contribution in [0.25, 0.3) is 10.9 Å². The van der Waals surface area contributed by atoms with E-state index in [0.717, 1.165) is 18.5 Å². The molecule has 2 heteroatoms. The first kappa shape index (κ1) is 14.4.